The van der Waals surface area contributed by atoms with E-state index in [0.29, 0.717) is 11.1 Å². The molecule has 2 rings (SSSR count). The van der Waals surface area contributed by atoms with E-state index in [0.717, 1.165) is 36.9 Å². The summed E-state index contributed by atoms with van der Waals surface area (Å²) in [5.74, 6) is 0.397. The van der Waals surface area contributed by atoms with Crippen LogP contribution in [0, 0.1) is 12.8 Å². The van der Waals surface area contributed by atoms with Crippen LogP contribution in [0.2, 0.25) is 5.15 Å². The van der Waals surface area contributed by atoms with Crippen molar-refractivity contribution in [2.45, 2.75) is 45.1 Å². The first kappa shape index (κ1) is 15.3. The SMILES string of the molecule is Cc1nn(C)c(Cl)c1CC(=O)NC1CCC(CO)CC1. The number of aliphatic hydroxyl groups is 1. The number of aromatic nitrogens is 2. The highest BCUT2D eigenvalue weighted by molar-refractivity contribution is 6.30. The van der Waals surface area contributed by atoms with Crippen LogP contribution in [0.15, 0.2) is 0 Å². The molecule has 1 amide bonds. The highest BCUT2D eigenvalue weighted by Crippen LogP contribution is 2.24. The maximum atomic E-state index is 12.1. The minimum Gasteiger partial charge on any atom is -0.396 e. The van der Waals surface area contributed by atoms with Crippen LogP contribution in [0.3, 0.4) is 0 Å². The van der Waals surface area contributed by atoms with Gasteiger partial charge in [-0.3, -0.25) is 9.48 Å². The van der Waals surface area contributed by atoms with Crippen LogP contribution in [-0.4, -0.2) is 33.4 Å². The number of nitrogens with zero attached hydrogens (tertiary/aromatic N) is 2. The second kappa shape index (κ2) is 6.59. The van der Waals surface area contributed by atoms with Crippen molar-refractivity contribution in [1.29, 1.82) is 0 Å². The lowest BCUT2D eigenvalue weighted by Gasteiger charge is -2.27. The summed E-state index contributed by atoms with van der Waals surface area (Å²) >= 11 is 6.13. The van der Waals surface area contributed by atoms with E-state index in [2.05, 4.69) is 10.4 Å². The van der Waals surface area contributed by atoms with Gasteiger partial charge < -0.3 is 10.4 Å². The Bertz CT molecular complexity index is 479. The lowest BCUT2D eigenvalue weighted by atomic mass is 9.86. The standard InChI is InChI=1S/C14H22ClN3O2/c1-9-12(14(15)18(2)17-9)7-13(20)16-11-5-3-10(8-19)4-6-11/h10-11,19H,3-8H2,1-2H3,(H,16,20). The summed E-state index contributed by atoms with van der Waals surface area (Å²) in [6.45, 7) is 2.12. The molecule has 0 unspecified atom stereocenters. The molecule has 1 aliphatic carbocycles. The molecule has 6 heteroatoms. The summed E-state index contributed by atoms with van der Waals surface area (Å²) in [5.41, 5.74) is 1.60. The molecule has 1 aliphatic rings. The van der Waals surface area contributed by atoms with Gasteiger partial charge in [-0.15, -0.1) is 0 Å². The molecule has 0 bridgehead atoms. The maximum absolute atomic E-state index is 12.1. The Kier molecular flexibility index (Phi) is 5.05. The Morgan fingerprint density at radius 2 is 2.10 bits per heavy atom. The van der Waals surface area contributed by atoms with Crippen LogP contribution in [-0.2, 0) is 18.3 Å². The molecule has 20 heavy (non-hydrogen) atoms. The molecule has 2 N–H and O–H groups in total. The van der Waals surface area contributed by atoms with E-state index in [1.165, 1.54) is 0 Å². The van der Waals surface area contributed by atoms with E-state index in [-0.39, 0.29) is 25.0 Å². The van der Waals surface area contributed by atoms with Crippen molar-refractivity contribution in [2.75, 3.05) is 6.61 Å². The molecule has 0 radical (unpaired) electrons. The Balaban J connectivity index is 1.87. The summed E-state index contributed by atoms with van der Waals surface area (Å²) in [6.07, 6.45) is 4.12. The summed E-state index contributed by atoms with van der Waals surface area (Å²) in [6, 6.07) is 0.223. The monoisotopic (exact) mass is 299 g/mol. The number of carbonyl (C=O) groups excluding carboxylic acids is 1. The van der Waals surface area contributed by atoms with Gasteiger partial charge in [0, 0.05) is 25.3 Å². The lowest BCUT2D eigenvalue weighted by molar-refractivity contribution is -0.121. The second-order valence-electron chi connectivity index (χ2n) is 5.62. The van der Waals surface area contributed by atoms with Gasteiger partial charge in [-0.25, -0.2) is 0 Å². The maximum Gasteiger partial charge on any atom is 0.224 e. The van der Waals surface area contributed by atoms with Crippen LogP contribution < -0.4 is 5.32 Å². The van der Waals surface area contributed by atoms with Crippen molar-refractivity contribution >= 4 is 17.5 Å². The largest absolute Gasteiger partial charge is 0.396 e. The zero-order valence-electron chi connectivity index (χ0n) is 12.0. The molecule has 0 aliphatic heterocycles. The number of rotatable bonds is 4. The number of aliphatic hydroxyl groups excluding tert-OH is 1. The predicted octanol–water partition coefficient (Wildman–Crippen LogP) is 1.59. The van der Waals surface area contributed by atoms with E-state index >= 15 is 0 Å². The average molecular weight is 300 g/mol. The van der Waals surface area contributed by atoms with Gasteiger partial charge in [0.05, 0.1) is 12.1 Å². The lowest BCUT2D eigenvalue weighted by Crippen LogP contribution is -2.38. The first-order valence-electron chi connectivity index (χ1n) is 7.09. The van der Waals surface area contributed by atoms with E-state index < -0.39 is 0 Å². The van der Waals surface area contributed by atoms with Crippen molar-refractivity contribution in [3.8, 4) is 0 Å². The zero-order valence-corrected chi connectivity index (χ0v) is 12.8. The summed E-state index contributed by atoms with van der Waals surface area (Å²) in [5, 5.41) is 16.9. The van der Waals surface area contributed by atoms with Crippen molar-refractivity contribution in [3.63, 3.8) is 0 Å². The number of halogens is 1. The van der Waals surface area contributed by atoms with Gasteiger partial charge in [-0.05, 0) is 38.5 Å². The molecule has 1 saturated carbocycles. The molecule has 1 fully saturated rings. The van der Waals surface area contributed by atoms with Crippen molar-refractivity contribution in [3.05, 3.63) is 16.4 Å². The highest BCUT2D eigenvalue weighted by Gasteiger charge is 2.23. The fraction of sp³-hybridized carbons (Fsp3) is 0.714. The summed E-state index contributed by atoms with van der Waals surface area (Å²) in [4.78, 5) is 12.1. The first-order chi connectivity index (χ1) is 9.51. The van der Waals surface area contributed by atoms with Crippen LogP contribution in [0.4, 0.5) is 0 Å². The van der Waals surface area contributed by atoms with Crippen molar-refractivity contribution < 1.29 is 9.90 Å². The first-order valence-corrected chi connectivity index (χ1v) is 7.47. The summed E-state index contributed by atoms with van der Waals surface area (Å²) < 4.78 is 1.59. The van der Waals surface area contributed by atoms with Crippen LogP contribution >= 0.6 is 11.6 Å². The van der Waals surface area contributed by atoms with E-state index in [9.17, 15) is 4.79 Å². The van der Waals surface area contributed by atoms with Crippen molar-refractivity contribution in [1.82, 2.24) is 15.1 Å². The normalized spacial score (nSPS) is 22.8. The molecule has 112 valence electrons. The van der Waals surface area contributed by atoms with Gasteiger partial charge in [0.2, 0.25) is 5.91 Å². The topological polar surface area (TPSA) is 67.2 Å². The smallest absolute Gasteiger partial charge is 0.224 e. The van der Waals surface area contributed by atoms with E-state index in [1.807, 2.05) is 6.92 Å². The third kappa shape index (κ3) is 3.52. The minimum absolute atomic E-state index is 0.00421. The molecule has 5 nitrogen and oxygen atoms in total. The number of amides is 1. The predicted molar refractivity (Wildman–Crippen MR) is 77.6 cm³/mol. The van der Waals surface area contributed by atoms with E-state index in [4.69, 9.17) is 16.7 Å². The van der Waals surface area contributed by atoms with Gasteiger partial charge in [0.25, 0.3) is 0 Å². The molecule has 0 atom stereocenters. The van der Waals surface area contributed by atoms with Crippen molar-refractivity contribution in [2.24, 2.45) is 13.0 Å². The van der Waals surface area contributed by atoms with Crippen LogP contribution in [0.1, 0.15) is 36.9 Å². The number of hydrogen-bond acceptors (Lipinski definition) is 3. The zero-order chi connectivity index (χ0) is 14.7. The van der Waals surface area contributed by atoms with Gasteiger partial charge >= 0.3 is 0 Å². The summed E-state index contributed by atoms with van der Waals surface area (Å²) in [7, 11) is 1.77. The number of carbonyl (C=O) groups is 1. The Morgan fingerprint density at radius 3 is 2.60 bits per heavy atom. The fourth-order valence-corrected chi connectivity index (χ4v) is 3.04. The Labute approximate surface area is 124 Å². The third-order valence-electron chi connectivity index (χ3n) is 4.08. The Morgan fingerprint density at radius 1 is 1.45 bits per heavy atom. The Hall–Kier alpha value is -1.07. The molecule has 0 aromatic carbocycles. The average Bonchev–Trinajstić information content (AvgIpc) is 2.66. The van der Waals surface area contributed by atoms with Crippen LogP contribution in [0.25, 0.3) is 0 Å². The molecular formula is C14H22ClN3O2. The van der Waals surface area contributed by atoms with Gasteiger partial charge in [-0.1, -0.05) is 11.6 Å². The van der Waals surface area contributed by atoms with E-state index in [1.54, 1.807) is 11.7 Å². The highest BCUT2D eigenvalue weighted by atomic mass is 35.5. The molecule has 1 heterocycles. The van der Waals surface area contributed by atoms with Gasteiger partial charge in [-0.2, -0.15) is 5.10 Å². The molecule has 0 saturated heterocycles. The van der Waals surface area contributed by atoms with Gasteiger partial charge in [0.1, 0.15) is 5.15 Å². The quantitative estimate of drug-likeness (QED) is 0.887. The van der Waals surface area contributed by atoms with Crippen LogP contribution in [0.5, 0.6) is 0 Å². The number of aryl methyl sites for hydroxylation is 2. The minimum atomic E-state index is -0.00421. The molecular weight excluding hydrogens is 278 g/mol. The fourth-order valence-electron chi connectivity index (χ4n) is 2.80. The third-order valence-corrected chi connectivity index (χ3v) is 4.55. The second-order valence-corrected chi connectivity index (χ2v) is 5.98. The van der Waals surface area contributed by atoms with Gasteiger partial charge in [0.15, 0.2) is 0 Å². The number of hydrogen-bond donors (Lipinski definition) is 2. The molecule has 0 spiro atoms. The molecule has 1 aromatic heterocycles. The number of nitrogens with one attached hydrogen (secondary N) is 1. The molecule has 1 aromatic rings.